The van der Waals surface area contributed by atoms with Crippen LogP contribution in [0.2, 0.25) is 0 Å². The molecule has 0 bridgehead atoms. The minimum absolute atomic E-state index is 0.328. The quantitative estimate of drug-likeness (QED) is 0.836. The largest absolute Gasteiger partial charge is 0.267 e. The van der Waals surface area contributed by atoms with Crippen molar-refractivity contribution in [1.29, 1.82) is 0 Å². The number of fused-ring (bicyclic) bond motifs is 1. The smallest absolute Gasteiger partial charge is 0.263 e. The average molecular weight is 341 g/mol. The van der Waals surface area contributed by atoms with E-state index in [2.05, 4.69) is 0 Å². The molecular formula is C16H14F3NO2S. The SMILES string of the molecule is CC1CCc2cc(F)ccc2N1S(=O)(=O)c1ccc(F)cc1F. The molecule has 0 saturated heterocycles. The Kier molecular flexibility index (Phi) is 3.83. The molecule has 0 saturated carbocycles. The number of benzene rings is 2. The van der Waals surface area contributed by atoms with Crippen LogP contribution in [0, 0.1) is 17.5 Å². The molecule has 3 nitrogen and oxygen atoms in total. The maximum Gasteiger partial charge on any atom is 0.267 e. The monoisotopic (exact) mass is 341 g/mol. The first-order chi connectivity index (χ1) is 10.8. The number of nitrogens with zero attached hydrogens (tertiary/aromatic N) is 1. The summed E-state index contributed by atoms with van der Waals surface area (Å²) in [7, 11) is -4.22. The molecule has 2 aromatic carbocycles. The van der Waals surface area contributed by atoms with Gasteiger partial charge in [-0.25, -0.2) is 21.6 Å². The van der Waals surface area contributed by atoms with E-state index in [1.807, 2.05) is 0 Å². The van der Waals surface area contributed by atoms with Crippen LogP contribution in [-0.2, 0) is 16.4 Å². The zero-order valence-corrected chi connectivity index (χ0v) is 13.1. The summed E-state index contributed by atoms with van der Waals surface area (Å²) >= 11 is 0. The molecule has 0 aliphatic carbocycles. The molecule has 1 aliphatic rings. The molecular weight excluding hydrogens is 327 g/mol. The first-order valence-electron chi connectivity index (χ1n) is 7.08. The van der Waals surface area contributed by atoms with E-state index in [1.54, 1.807) is 6.92 Å². The number of anilines is 1. The number of hydrogen-bond acceptors (Lipinski definition) is 2. The first kappa shape index (κ1) is 15.9. The highest BCUT2D eigenvalue weighted by atomic mass is 32.2. The minimum Gasteiger partial charge on any atom is -0.263 e. The van der Waals surface area contributed by atoms with Crippen molar-refractivity contribution in [3.8, 4) is 0 Å². The highest BCUT2D eigenvalue weighted by Crippen LogP contribution is 2.36. The van der Waals surface area contributed by atoms with Crippen molar-refractivity contribution in [1.82, 2.24) is 0 Å². The predicted octanol–water partition coefficient (Wildman–Crippen LogP) is 3.63. The summed E-state index contributed by atoms with van der Waals surface area (Å²) in [4.78, 5) is -0.595. The maximum atomic E-state index is 14.0. The van der Waals surface area contributed by atoms with Gasteiger partial charge in [-0.05, 0) is 55.7 Å². The number of halogens is 3. The molecule has 122 valence electrons. The van der Waals surface area contributed by atoms with E-state index in [0.29, 0.717) is 30.2 Å². The molecule has 23 heavy (non-hydrogen) atoms. The molecule has 7 heteroatoms. The average Bonchev–Trinajstić information content (AvgIpc) is 2.46. The summed E-state index contributed by atoms with van der Waals surface area (Å²) < 4.78 is 67.2. The van der Waals surface area contributed by atoms with Gasteiger partial charge in [0, 0.05) is 12.1 Å². The molecule has 1 unspecified atom stereocenters. The predicted molar refractivity (Wildman–Crippen MR) is 80.2 cm³/mol. The number of hydrogen-bond donors (Lipinski definition) is 0. The van der Waals surface area contributed by atoms with Crippen LogP contribution < -0.4 is 4.31 Å². The Labute approximate surface area is 132 Å². The topological polar surface area (TPSA) is 37.4 Å². The second-order valence-electron chi connectivity index (χ2n) is 5.54. The van der Waals surface area contributed by atoms with Crippen LogP contribution in [0.3, 0.4) is 0 Å². The molecule has 1 aliphatic heterocycles. The summed E-state index contributed by atoms with van der Waals surface area (Å²) in [5.74, 6) is -2.45. The molecule has 1 atom stereocenters. The van der Waals surface area contributed by atoms with Crippen molar-refractivity contribution in [3.05, 3.63) is 59.4 Å². The number of rotatable bonds is 2. The third-order valence-corrected chi connectivity index (χ3v) is 5.90. The molecule has 0 spiro atoms. The molecule has 1 heterocycles. The van der Waals surface area contributed by atoms with Crippen molar-refractivity contribution in [3.63, 3.8) is 0 Å². The third-order valence-electron chi connectivity index (χ3n) is 3.94. The van der Waals surface area contributed by atoms with Gasteiger partial charge < -0.3 is 0 Å². The van der Waals surface area contributed by atoms with Crippen LogP contribution in [0.1, 0.15) is 18.9 Å². The van der Waals surface area contributed by atoms with E-state index in [4.69, 9.17) is 0 Å². The fourth-order valence-electron chi connectivity index (χ4n) is 2.85. The Balaban J connectivity index is 2.16. The lowest BCUT2D eigenvalue weighted by Gasteiger charge is -2.36. The summed E-state index contributed by atoms with van der Waals surface area (Å²) in [6.07, 6.45) is 1.02. The van der Waals surface area contributed by atoms with E-state index < -0.39 is 38.4 Å². The molecule has 0 aromatic heterocycles. The van der Waals surface area contributed by atoms with Crippen molar-refractivity contribution in [2.75, 3.05) is 4.31 Å². The van der Waals surface area contributed by atoms with Crippen molar-refractivity contribution in [2.45, 2.75) is 30.7 Å². The number of sulfonamides is 1. The molecule has 0 radical (unpaired) electrons. The Bertz CT molecular complexity index is 868. The van der Waals surface area contributed by atoms with Crippen LogP contribution in [0.4, 0.5) is 18.9 Å². The van der Waals surface area contributed by atoms with Gasteiger partial charge in [0.2, 0.25) is 0 Å². The van der Waals surface area contributed by atoms with Crippen LogP contribution in [-0.4, -0.2) is 14.5 Å². The number of aryl methyl sites for hydroxylation is 1. The van der Waals surface area contributed by atoms with Gasteiger partial charge in [0.1, 0.15) is 22.3 Å². The summed E-state index contributed by atoms with van der Waals surface area (Å²) in [6.45, 7) is 1.70. The second kappa shape index (κ2) is 5.56. The van der Waals surface area contributed by atoms with Crippen LogP contribution in [0.5, 0.6) is 0 Å². The van der Waals surface area contributed by atoms with E-state index in [-0.39, 0.29) is 0 Å². The van der Waals surface area contributed by atoms with Gasteiger partial charge in [0.25, 0.3) is 10.0 Å². The van der Waals surface area contributed by atoms with Crippen molar-refractivity contribution in [2.24, 2.45) is 0 Å². The van der Waals surface area contributed by atoms with E-state index in [1.165, 1.54) is 18.2 Å². The first-order valence-corrected chi connectivity index (χ1v) is 8.52. The molecule has 0 fully saturated rings. The van der Waals surface area contributed by atoms with E-state index >= 15 is 0 Å². The standard InChI is InChI=1S/C16H14F3NO2S/c1-10-2-3-11-8-12(17)4-6-15(11)20(10)23(21,22)16-7-5-13(18)9-14(16)19/h4-10H,2-3H2,1H3. The maximum absolute atomic E-state index is 14.0. The van der Waals surface area contributed by atoms with Gasteiger partial charge in [0.15, 0.2) is 0 Å². The van der Waals surface area contributed by atoms with E-state index in [9.17, 15) is 21.6 Å². The van der Waals surface area contributed by atoms with Crippen LogP contribution in [0.25, 0.3) is 0 Å². The second-order valence-corrected chi connectivity index (χ2v) is 7.32. The van der Waals surface area contributed by atoms with Crippen LogP contribution in [0.15, 0.2) is 41.3 Å². The van der Waals surface area contributed by atoms with Crippen LogP contribution >= 0.6 is 0 Å². The van der Waals surface area contributed by atoms with Gasteiger partial charge in [0.05, 0.1) is 5.69 Å². The Morgan fingerprint density at radius 2 is 1.70 bits per heavy atom. The zero-order valence-electron chi connectivity index (χ0n) is 12.3. The highest BCUT2D eigenvalue weighted by molar-refractivity contribution is 7.92. The lowest BCUT2D eigenvalue weighted by atomic mass is 9.99. The Morgan fingerprint density at radius 1 is 1.04 bits per heavy atom. The molecule has 3 rings (SSSR count). The third kappa shape index (κ3) is 2.69. The van der Waals surface area contributed by atoms with Crippen molar-refractivity contribution < 1.29 is 21.6 Å². The minimum atomic E-state index is -4.22. The highest BCUT2D eigenvalue weighted by Gasteiger charge is 2.35. The van der Waals surface area contributed by atoms with Crippen molar-refractivity contribution >= 4 is 15.7 Å². The Morgan fingerprint density at radius 3 is 2.39 bits per heavy atom. The van der Waals surface area contributed by atoms with E-state index in [0.717, 1.165) is 16.4 Å². The lowest BCUT2D eigenvalue weighted by molar-refractivity contribution is 0.536. The Hall–Kier alpha value is -2.02. The lowest BCUT2D eigenvalue weighted by Crippen LogP contribution is -2.42. The summed E-state index contributed by atoms with van der Waals surface area (Å²) in [6, 6.07) is 5.75. The zero-order chi connectivity index (χ0) is 16.8. The van der Waals surface area contributed by atoms with Gasteiger partial charge in [-0.1, -0.05) is 0 Å². The normalized spacial score (nSPS) is 17.9. The fourth-order valence-corrected chi connectivity index (χ4v) is 4.62. The molecule has 0 amide bonds. The van der Waals surface area contributed by atoms with Gasteiger partial charge in [-0.2, -0.15) is 0 Å². The fraction of sp³-hybridized carbons (Fsp3) is 0.250. The molecule has 2 aromatic rings. The van der Waals surface area contributed by atoms with Gasteiger partial charge in [-0.15, -0.1) is 0 Å². The molecule has 0 N–H and O–H groups in total. The van der Waals surface area contributed by atoms with Gasteiger partial charge >= 0.3 is 0 Å². The van der Waals surface area contributed by atoms with Gasteiger partial charge in [-0.3, -0.25) is 4.31 Å². The summed E-state index contributed by atoms with van der Waals surface area (Å²) in [5, 5.41) is 0. The summed E-state index contributed by atoms with van der Waals surface area (Å²) in [5.41, 5.74) is 0.878.